The third-order valence-corrected chi connectivity index (χ3v) is 10.4. The summed E-state index contributed by atoms with van der Waals surface area (Å²) in [5, 5.41) is 9.27. The van der Waals surface area contributed by atoms with Gasteiger partial charge in [-0.15, -0.1) is 13.2 Å². The van der Waals surface area contributed by atoms with Crippen molar-refractivity contribution in [1.29, 1.82) is 0 Å². The molecule has 0 saturated carbocycles. The summed E-state index contributed by atoms with van der Waals surface area (Å²) >= 11 is 3.81. The number of benzene rings is 1. The molecule has 1 aromatic rings. The highest BCUT2D eigenvalue weighted by molar-refractivity contribution is 9.09. The fourth-order valence-corrected chi connectivity index (χ4v) is 9.17. The van der Waals surface area contributed by atoms with Crippen LogP contribution in [-0.4, -0.2) is 87.0 Å². The molecule has 45 heavy (non-hydrogen) atoms. The lowest BCUT2D eigenvalue weighted by atomic mass is 9.70. The van der Waals surface area contributed by atoms with Crippen molar-refractivity contribution in [3.8, 4) is 0 Å². The summed E-state index contributed by atoms with van der Waals surface area (Å²) in [6.07, 6.45) is 7.15. The lowest BCUT2D eigenvalue weighted by molar-refractivity contribution is -0.152. The van der Waals surface area contributed by atoms with Crippen LogP contribution in [-0.2, 0) is 19.1 Å². The predicted molar refractivity (Wildman–Crippen MR) is 182 cm³/mol. The molecule has 3 fully saturated rings. The quantitative estimate of drug-likeness (QED) is 0.145. The van der Waals surface area contributed by atoms with Crippen molar-refractivity contribution in [2.24, 2.45) is 17.3 Å². The van der Waals surface area contributed by atoms with E-state index >= 15 is 0 Å². The second kappa shape index (κ2) is 14.1. The van der Waals surface area contributed by atoms with Crippen LogP contribution in [0.15, 0.2) is 55.6 Å². The number of ether oxygens (including phenoxy) is 1. The van der Waals surface area contributed by atoms with Gasteiger partial charge in [0.2, 0.25) is 17.7 Å². The van der Waals surface area contributed by atoms with E-state index in [-0.39, 0.29) is 41.1 Å². The fraction of sp³-hybridized carbons (Fsp3) is 0.639. The van der Waals surface area contributed by atoms with Crippen LogP contribution in [0.2, 0.25) is 0 Å². The number of anilines is 1. The Morgan fingerprint density at radius 1 is 1.04 bits per heavy atom. The Balaban J connectivity index is 1.77. The smallest absolute Gasteiger partial charge is 0.249 e. The van der Waals surface area contributed by atoms with Crippen LogP contribution in [0.1, 0.15) is 73.1 Å². The Morgan fingerprint density at radius 2 is 1.69 bits per heavy atom. The van der Waals surface area contributed by atoms with Crippen LogP contribution in [0.3, 0.4) is 0 Å². The lowest BCUT2D eigenvalue weighted by Gasteiger charge is -2.45. The monoisotopic (exact) mass is 685 g/mol. The molecule has 1 aromatic carbocycles. The normalized spacial score (nSPS) is 27.4. The van der Waals surface area contributed by atoms with Crippen molar-refractivity contribution in [1.82, 2.24) is 9.80 Å². The molecule has 2 bridgehead atoms. The fourth-order valence-electron chi connectivity index (χ4n) is 8.22. The van der Waals surface area contributed by atoms with Crippen LogP contribution in [0.4, 0.5) is 5.69 Å². The first-order chi connectivity index (χ1) is 21.2. The number of amides is 3. The first kappa shape index (κ1) is 35.4. The molecule has 0 aromatic heterocycles. The van der Waals surface area contributed by atoms with Crippen molar-refractivity contribution < 1.29 is 24.2 Å². The van der Waals surface area contributed by atoms with Crippen LogP contribution < -0.4 is 4.90 Å². The number of alkyl halides is 1. The van der Waals surface area contributed by atoms with Gasteiger partial charge in [-0.25, -0.2) is 0 Å². The largest absolute Gasteiger partial charge is 0.396 e. The predicted octanol–water partition coefficient (Wildman–Crippen LogP) is 5.74. The van der Waals surface area contributed by atoms with E-state index in [9.17, 15) is 19.5 Å². The Morgan fingerprint density at radius 3 is 2.29 bits per heavy atom. The molecule has 3 unspecified atom stereocenters. The maximum Gasteiger partial charge on any atom is 0.249 e. The molecule has 3 heterocycles. The molecule has 8 nitrogen and oxygen atoms in total. The second-order valence-corrected chi connectivity index (χ2v) is 15.9. The van der Waals surface area contributed by atoms with E-state index in [1.54, 1.807) is 22.0 Å². The van der Waals surface area contributed by atoms with E-state index in [0.29, 0.717) is 32.4 Å². The molecule has 3 aliphatic heterocycles. The SMILES string of the molecule is C=CCN(C(=O)[C@H]1[C@@H]2OC3(CC2Br)C(C(=O)N(CC=C)C(C)(C)CC(C)(C)C)N(CCCCCCO)C(=O)[C@H]13)c1ccccc1. The van der Waals surface area contributed by atoms with E-state index in [2.05, 4.69) is 63.7 Å². The number of fused-ring (bicyclic) bond motifs is 1. The average Bonchev–Trinajstić information content (AvgIpc) is 3.56. The Kier molecular flexibility index (Phi) is 11.1. The zero-order valence-corrected chi connectivity index (χ0v) is 29.3. The maximum atomic E-state index is 15.0. The summed E-state index contributed by atoms with van der Waals surface area (Å²) in [4.78, 5) is 49.2. The molecule has 3 aliphatic rings. The maximum absolute atomic E-state index is 15.0. The number of likely N-dealkylation sites (tertiary alicyclic amines) is 1. The molecule has 248 valence electrons. The van der Waals surface area contributed by atoms with Crippen LogP contribution in [0.25, 0.3) is 0 Å². The van der Waals surface area contributed by atoms with Crippen LogP contribution in [0, 0.1) is 17.3 Å². The highest BCUT2D eigenvalue weighted by Gasteiger charge is 2.77. The number of hydrogen-bond donors (Lipinski definition) is 1. The molecule has 3 saturated heterocycles. The average molecular weight is 687 g/mol. The number of para-hydroxylation sites is 1. The number of nitrogens with zero attached hydrogens (tertiary/aromatic N) is 3. The van der Waals surface area contributed by atoms with Gasteiger partial charge in [0, 0.05) is 42.3 Å². The molecule has 0 radical (unpaired) electrons. The first-order valence-corrected chi connectivity index (χ1v) is 17.3. The summed E-state index contributed by atoms with van der Waals surface area (Å²) in [5.74, 6) is -2.06. The number of hydrogen-bond acceptors (Lipinski definition) is 5. The molecular formula is C36H52BrN3O5. The number of aliphatic hydroxyl groups excluding tert-OH is 1. The highest BCUT2D eigenvalue weighted by atomic mass is 79.9. The second-order valence-electron chi connectivity index (χ2n) is 14.7. The third-order valence-electron chi connectivity index (χ3n) is 9.53. The van der Waals surface area contributed by atoms with E-state index in [0.717, 1.165) is 24.9 Å². The van der Waals surface area contributed by atoms with Crippen molar-refractivity contribution >= 4 is 39.3 Å². The van der Waals surface area contributed by atoms with Gasteiger partial charge in [0.1, 0.15) is 11.6 Å². The topological polar surface area (TPSA) is 90.4 Å². The van der Waals surface area contributed by atoms with Crippen molar-refractivity contribution in [2.45, 2.75) is 101 Å². The Bertz CT molecular complexity index is 1250. The summed E-state index contributed by atoms with van der Waals surface area (Å²) in [6, 6.07) is 8.55. The molecule has 4 rings (SSSR count). The number of aliphatic hydroxyl groups is 1. The van der Waals surface area contributed by atoms with E-state index < -0.39 is 35.1 Å². The van der Waals surface area contributed by atoms with Crippen LogP contribution in [0.5, 0.6) is 0 Å². The number of halogens is 1. The van der Waals surface area contributed by atoms with Gasteiger partial charge in [-0.1, -0.05) is 79.9 Å². The molecule has 6 atom stereocenters. The minimum absolute atomic E-state index is 0.0469. The van der Waals surface area contributed by atoms with Gasteiger partial charge < -0.3 is 24.5 Å². The number of rotatable bonds is 15. The van der Waals surface area contributed by atoms with Gasteiger partial charge in [-0.2, -0.15) is 0 Å². The van der Waals surface area contributed by atoms with Gasteiger partial charge in [0.15, 0.2) is 0 Å². The lowest BCUT2D eigenvalue weighted by Crippen LogP contribution is -2.61. The minimum Gasteiger partial charge on any atom is -0.396 e. The van der Waals surface area contributed by atoms with E-state index in [4.69, 9.17) is 4.74 Å². The minimum atomic E-state index is -1.13. The summed E-state index contributed by atoms with van der Waals surface area (Å²) in [5.41, 5.74) is -0.979. The molecule has 1 spiro atoms. The zero-order chi connectivity index (χ0) is 33.2. The van der Waals surface area contributed by atoms with Crippen LogP contribution >= 0.6 is 15.9 Å². The molecular weight excluding hydrogens is 634 g/mol. The number of carbonyl (C=O) groups is 3. The molecule has 3 amide bonds. The molecule has 9 heteroatoms. The van der Waals surface area contributed by atoms with Gasteiger partial charge in [0.25, 0.3) is 0 Å². The standard InChI is InChI=1S/C36H52BrN3O5/c1-8-19-38(25-17-13-12-14-18-25)31(42)27-28-32(43)39(21-15-10-11-16-22-41)30(36(28)23-26(37)29(27)45-36)33(44)40(20-9-2)35(6,7)24-34(3,4)5/h8-9,12-14,17-18,26-30,41H,1-2,10-11,15-16,19-24H2,3-7H3/t26?,27-,28+,29-,30?,36?/m1/s1. The third kappa shape index (κ3) is 6.96. The highest BCUT2D eigenvalue weighted by Crippen LogP contribution is 2.60. The first-order valence-electron chi connectivity index (χ1n) is 16.4. The van der Waals surface area contributed by atoms with Gasteiger partial charge >= 0.3 is 0 Å². The van der Waals surface area contributed by atoms with E-state index in [1.807, 2.05) is 35.2 Å². The number of unbranched alkanes of at least 4 members (excludes halogenated alkanes) is 3. The summed E-state index contributed by atoms with van der Waals surface area (Å²) < 4.78 is 6.83. The molecule has 1 N–H and O–H groups in total. The Hall–Kier alpha value is -2.49. The van der Waals surface area contributed by atoms with Gasteiger partial charge in [-0.05, 0) is 57.1 Å². The number of carbonyl (C=O) groups excluding carboxylic acids is 3. The van der Waals surface area contributed by atoms with Gasteiger partial charge in [0.05, 0.1) is 17.9 Å². The van der Waals surface area contributed by atoms with Crippen molar-refractivity contribution in [2.75, 3.05) is 31.1 Å². The zero-order valence-electron chi connectivity index (χ0n) is 27.7. The molecule has 0 aliphatic carbocycles. The van der Waals surface area contributed by atoms with Gasteiger partial charge in [-0.3, -0.25) is 14.4 Å². The summed E-state index contributed by atoms with van der Waals surface area (Å²) in [6.45, 7) is 19.6. The van der Waals surface area contributed by atoms with E-state index in [1.165, 1.54) is 0 Å². The van der Waals surface area contributed by atoms with Crippen molar-refractivity contribution in [3.63, 3.8) is 0 Å². The summed E-state index contributed by atoms with van der Waals surface area (Å²) in [7, 11) is 0. The Labute approximate surface area is 278 Å². The van der Waals surface area contributed by atoms with Crippen molar-refractivity contribution in [3.05, 3.63) is 55.6 Å².